The second-order valence-corrected chi connectivity index (χ2v) is 7.90. The molecule has 1 aliphatic carbocycles. The highest BCUT2D eigenvalue weighted by Crippen LogP contribution is 2.44. The summed E-state index contributed by atoms with van der Waals surface area (Å²) in [5, 5.41) is 3.93. The van der Waals surface area contributed by atoms with Crippen LogP contribution in [0.25, 0.3) is 10.8 Å². The molecule has 5 nitrogen and oxygen atoms in total. The molecular weight excluding hydrogens is 324 g/mol. The molecule has 6 heteroatoms. The quantitative estimate of drug-likeness (QED) is 0.916. The molecule has 2 aliphatic rings. The third-order valence-electron chi connectivity index (χ3n) is 5.40. The van der Waals surface area contributed by atoms with Gasteiger partial charge in [-0.25, -0.2) is 4.98 Å². The summed E-state index contributed by atoms with van der Waals surface area (Å²) in [5.74, 6) is 0.691. The molecule has 1 spiro atoms. The van der Waals surface area contributed by atoms with E-state index in [1.54, 1.807) is 12.5 Å². The first-order valence-electron chi connectivity index (χ1n) is 8.62. The summed E-state index contributed by atoms with van der Waals surface area (Å²) in [6.07, 6.45) is 10.1. The number of rotatable bonds is 3. The zero-order valence-corrected chi connectivity index (χ0v) is 14.4. The summed E-state index contributed by atoms with van der Waals surface area (Å²) >= 11 is 1.38. The number of hydrogen-bond acceptors (Lipinski definition) is 5. The van der Waals surface area contributed by atoms with E-state index >= 15 is 0 Å². The van der Waals surface area contributed by atoms with Gasteiger partial charge >= 0.3 is 0 Å². The average molecular weight is 346 g/mol. The minimum atomic E-state index is -0.0155. The van der Waals surface area contributed by atoms with Gasteiger partial charge in [-0.05, 0) is 56.1 Å². The summed E-state index contributed by atoms with van der Waals surface area (Å²) in [6.45, 7) is 1.79. The van der Waals surface area contributed by atoms with E-state index in [-0.39, 0.29) is 11.9 Å². The lowest BCUT2D eigenvalue weighted by molar-refractivity contribution is -0.00900. The van der Waals surface area contributed by atoms with Crippen molar-refractivity contribution in [2.45, 2.75) is 44.6 Å². The smallest absolute Gasteiger partial charge is 0.263 e. The Morgan fingerprint density at radius 1 is 1.25 bits per heavy atom. The molecule has 2 aromatic heterocycles. The number of furan rings is 1. The number of amides is 1. The van der Waals surface area contributed by atoms with Crippen molar-refractivity contribution in [2.75, 3.05) is 13.2 Å². The van der Waals surface area contributed by atoms with Crippen molar-refractivity contribution in [3.8, 4) is 10.8 Å². The molecule has 0 radical (unpaired) electrons. The van der Waals surface area contributed by atoms with Gasteiger partial charge in [0, 0.05) is 19.3 Å². The van der Waals surface area contributed by atoms with Crippen molar-refractivity contribution in [1.82, 2.24) is 10.3 Å². The van der Waals surface area contributed by atoms with E-state index in [1.807, 2.05) is 12.1 Å². The lowest BCUT2D eigenvalue weighted by Crippen LogP contribution is -2.42. The normalized spacial score (nSPS) is 21.0. The molecule has 128 valence electrons. The third kappa shape index (κ3) is 3.26. The maximum Gasteiger partial charge on any atom is 0.263 e. The summed E-state index contributed by atoms with van der Waals surface area (Å²) in [5.41, 5.74) is 0.469. The highest BCUT2D eigenvalue weighted by atomic mass is 32.1. The van der Waals surface area contributed by atoms with E-state index < -0.39 is 0 Å². The van der Waals surface area contributed by atoms with Gasteiger partial charge < -0.3 is 14.5 Å². The molecule has 0 aromatic carbocycles. The second-order valence-electron chi connectivity index (χ2n) is 6.87. The SMILES string of the molecule is O=C(NC1CCC2(CCOCC2)CC1)c1cnc(-c2ccco2)s1. The number of carbonyl (C=O) groups is 1. The molecular formula is C18H22N2O3S. The van der Waals surface area contributed by atoms with Gasteiger partial charge in [0.15, 0.2) is 10.8 Å². The van der Waals surface area contributed by atoms with Gasteiger partial charge in [-0.3, -0.25) is 4.79 Å². The van der Waals surface area contributed by atoms with Crippen LogP contribution >= 0.6 is 11.3 Å². The van der Waals surface area contributed by atoms with Crippen LogP contribution in [0.5, 0.6) is 0 Å². The maximum atomic E-state index is 12.5. The highest BCUT2D eigenvalue weighted by molar-refractivity contribution is 7.16. The third-order valence-corrected chi connectivity index (χ3v) is 6.41. The predicted molar refractivity (Wildman–Crippen MR) is 92.0 cm³/mol. The molecule has 2 fully saturated rings. The van der Waals surface area contributed by atoms with Crippen LogP contribution in [0.2, 0.25) is 0 Å². The van der Waals surface area contributed by atoms with Gasteiger partial charge in [0.05, 0.1) is 12.5 Å². The molecule has 1 saturated carbocycles. The van der Waals surface area contributed by atoms with Crippen LogP contribution in [0.1, 0.15) is 48.2 Å². The first kappa shape index (κ1) is 15.8. The fourth-order valence-corrected chi connectivity index (χ4v) is 4.62. The Hall–Kier alpha value is -1.66. The number of nitrogens with one attached hydrogen (secondary N) is 1. The largest absolute Gasteiger partial charge is 0.462 e. The number of carbonyl (C=O) groups excluding carboxylic acids is 1. The van der Waals surface area contributed by atoms with Crippen molar-refractivity contribution in [1.29, 1.82) is 0 Å². The van der Waals surface area contributed by atoms with Crippen LogP contribution in [0.4, 0.5) is 0 Å². The molecule has 24 heavy (non-hydrogen) atoms. The van der Waals surface area contributed by atoms with E-state index in [4.69, 9.17) is 9.15 Å². The number of hydrogen-bond donors (Lipinski definition) is 1. The Balaban J connectivity index is 1.34. The van der Waals surface area contributed by atoms with Gasteiger partial charge in [0.25, 0.3) is 5.91 Å². The Kier molecular flexibility index (Phi) is 4.41. The van der Waals surface area contributed by atoms with Crippen LogP contribution in [-0.4, -0.2) is 30.1 Å². The summed E-state index contributed by atoms with van der Waals surface area (Å²) < 4.78 is 10.8. The lowest BCUT2D eigenvalue weighted by atomic mass is 9.68. The topological polar surface area (TPSA) is 64.4 Å². The fourth-order valence-electron chi connectivity index (χ4n) is 3.83. The van der Waals surface area contributed by atoms with E-state index in [1.165, 1.54) is 37.0 Å². The molecule has 0 bridgehead atoms. The van der Waals surface area contributed by atoms with E-state index in [9.17, 15) is 4.79 Å². The lowest BCUT2D eigenvalue weighted by Gasteiger charge is -2.42. The van der Waals surface area contributed by atoms with Crippen molar-refractivity contribution < 1.29 is 13.9 Å². The zero-order valence-electron chi connectivity index (χ0n) is 13.6. The van der Waals surface area contributed by atoms with E-state index in [2.05, 4.69) is 10.3 Å². The monoisotopic (exact) mass is 346 g/mol. The molecule has 1 amide bonds. The standard InChI is InChI=1S/C18H22N2O3S/c21-16(15-12-19-17(24-15)14-2-1-9-23-14)20-13-3-5-18(6-4-13)7-10-22-11-8-18/h1-2,9,12-13H,3-8,10-11H2,(H,20,21). The first-order chi connectivity index (χ1) is 11.7. The summed E-state index contributed by atoms with van der Waals surface area (Å²) in [6, 6.07) is 3.96. The van der Waals surface area contributed by atoms with Crippen LogP contribution in [0, 0.1) is 5.41 Å². The van der Waals surface area contributed by atoms with E-state index in [0.29, 0.717) is 16.1 Å². The first-order valence-corrected chi connectivity index (χ1v) is 9.44. The van der Waals surface area contributed by atoms with Gasteiger partial charge in [0.2, 0.25) is 0 Å². The Bertz CT molecular complexity index is 679. The maximum absolute atomic E-state index is 12.5. The van der Waals surface area contributed by atoms with Crippen LogP contribution in [0.3, 0.4) is 0 Å². The molecule has 1 aliphatic heterocycles. The second kappa shape index (κ2) is 6.69. The van der Waals surface area contributed by atoms with Gasteiger partial charge in [0.1, 0.15) is 4.88 Å². The summed E-state index contributed by atoms with van der Waals surface area (Å²) in [4.78, 5) is 17.4. The average Bonchev–Trinajstić information content (AvgIpc) is 3.29. The Labute approximate surface area is 145 Å². The molecule has 1 saturated heterocycles. The van der Waals surface area contributed by atoms with Gasteiger partial charge in [-0.1, -0.05) is 0 Å². The zero-order chi connectivity index (χ0) is 16.4. The fraction of sp³-hybridized carbons (Fsp3) is 0.556. The Morgan fingerprint density at radius 2 is 2.04 bits per heavy atom. The van der Waals surface area contributed by atoms with Crippen molar-refractivity contribution in [3.05, 3.63) is 29.5 Å². The predicted octanol–water partition coefficient (Wildman–Crippen LogP) is 3.87. The molecule has 0 atom stereocenters. The minimum absolute atomic E-state index is 0.0155. The van der Waals surface area contributed by atoms with Crippen molar-refractivity contribution >= 4 is 17.2 Å². The van der Waals surface area contributed by atoms with Crippen molar-refractivity contribution in [3.63, 3.8) is 0 Å². The van der Waals surface area contributed by atoms with E-state index in [0.717, 1.165) is 31.1 Å². The van der Waals surface area contributed by atoms with Crippen LogP contribution in [0.15, 0.2) is 29.0 Å². The minimum Gasteiger partial charge on any atom is -0.462 e. The van der Waals surface area contributed by atoms with Gasteiger partial charge in [-0.15, -0.1) is 11.3 Å². The van der Waals surface area contributed by atoms with Gasteiger partial charge in [-0.2, -0.15) is 0 Å². The summed E-state index contributed by atoms with van der Waals surface area (Å²) in [7, 11) is 0. The van der Waals surface area contributed by atoms with Crippen LogP contribution < -0.4 is 5.32 Å². The molecule has 4 rings (SSSR count). The van der Waals surface area contributed by atoms with Crippen LogP contribution in [-0.2, 0) is 4.74 Å². The molecule has 3 heterocycles. The molecule has 0 unspecified atom stereocenters. The number of aromatic nitrogens is 1. The number of thiazole rings is 1. The highest BCUT2D eigenvalue weighted by Gasteiger charge is 2.37. The number of nitrogens with zero attached hydrogens (tertiary/aromatic N) is 1. The number of ether oxygens (including phenoxy) is 1. The van der Waals surface area contributed by atoms with Crippen molar-refractivity contribution in [2.24, 2.45) is 5.41 Å². The molecule has 1 N–H and O–H groups in total. The molecule has 2 aromatic rings. The Morgan fingerprint density at radius 3 is 2.75 bits per heavy atom.